The summed E-state index contributed by atoms with van der Waals surface area (Å²) in [5.74, 6) is 0. The highest BCUT2D eigenvalue weighted by atomic mass is 16.5. The first kappa shape index (κ1) is 12.4. The molecule has 0 spiro atoms. The fraction of sp³-hybridized carbons (Fsp3) is 0.385. The van der Waals surface area contributed by atoms with Crippen LogP contribution in [0, 0.1) is 16.9 Å². The van der Waals surface area contributed by atoms with Gasteiger partial charge < -0.3 is 15.8 Å². The molecule has 0 radical (unpaired) electrons. The molecule has 0 aliphatic heterocycles. The predicted molar refractivity (Wildman–Crippen MR) is 69.1 cm³/mol. The van der Waals surface area contributed by atoms with E-state index in [1.807, 2.05) is 12.1 Å². The summed E-state index contributed by atoms with van der Waals surface area (Å²) in [5.41, 5.74) is 9.32. The predicted octanol–water partition coefficient (Wildman–Crippen LogP) is 1.74. The van der Waals surface area contributed by atoms with E-state index in [0.717, 1.165) is 31.4 Å². The molecule has 5 heteroatoms. The van der Waals surface area contributed by atoms with Gasteiger partial charge in [-0.15, -0.1) is 5.26 Å². The highest BCUT2D eigenvalue weighted by Gasteiger charge is 2.13. The van der Waals surface area contributed by atoms with E-state index in [1.54, 1.807) is 0 Å². The Morgan fingerprint density at radius 1 is 1.39 bits per heavy atom. The van der Waals surface area contributed by atoms with E-state index in [2.05, 4.69) is 16.1 Å². The summed E-state index contributed by atoms with van der Waals surface area (Å²) in [5, 5.41) is 18.4. The average molecular weight is 244 g/mol. The molecule has 0 bridgehead atoms. The van der Waals surface area contributed by atoms with Crippen molar-refractivity contribution in [3.63, 3.8) is 0 Å². The van der Waals surface area contributed by atoms with Gasteiger partial charge >= 0.3 is 6.02 Å². The minimum Gasteiger partial charge on any atom is -0.351 e. The lowest BCUT2D eigenvalue weighted by atomic mass is 10.0. The molecule has 1 atom stereocenters. The first-order valence-corrected chi connectivity index (χ1v) is 5.98. The summed E-state index contributed by atoms with van der Waals surface area (Å²) in [6, 6.07) is 5.96. The molecule has 1 aliphatic rings. The number of nitrogens with zero attached hydrogens (tertiary/aromatic N) is 1. The van der Waals surface area contributed by atoms with Crippen molar-refractivity contribution >= 4 is 11.7 Å². The molecule has 0 amide bonds. The fourth-order valence-electron chi connectivity index (χ4n) is 2.21. The molecule has 0 heterocycles. The Kier molecular flexibility index (Phi) is 3.80. The van der Waals surface area contributed by atoms with Crippen molar-refractivity contribution in [2.45, 2.75) is 31.7 Å². The highest BCUT2D eigenvalue weighted by molar-refractivity contribution is 5.87. The third-order valence-corrected chi connectivity index (χ3v) is 3.18. The molecule has 0 aromatic heterocycles. The number of rotatable bonds is 1. The number of anilines is 1. The van der Waals surface area contributed by atoms with Crippen LogP contribution in [0.3, 0.4) is 0 Å². The second kappa shape index (κ2) is 5.52. The van der Waals surface area contributed by atoms with Crippen molar-refractivity contribution < 1.29 is 4.74 Å². The van der Waals surface area contributed by atoms with E-state index >= 15 is 0 Å². The van der Waals surface area contributed by atoms with Crippen molar-refractivity contribution in [1.82, 2.24) is 0 Å². The first-order valence-electron chi connectivity index (χ1n) is 5.98. The third kappa shape index (κ3) is 2.99. The number of nitrogens with one attached hydrogen (secondary N) is 2. The van der Waals surface area contributed by atoms with Gasteiger partial charge in [-0.25, -0.2) is 0 Å². The molecule has 0 fully saturated rings. The van der Waals surface area contributed by atoms with Crippen LogP contribution in [-0.4, -0.2) is 12.1 Å². The van der Waals surface area contributed by atoms with Crippen LogP contribution in [0.5, 0.6) is 0 Å². The van der Waals surface area contributed by atoms with Crippen LogP contribution in [-0.2, 0) is 17.6 Å². The zero-order valence-electron chi connectivity index (χ0n) is 10.1. The fourth-order valence-corrected chi connectivity index (χ4v) is 2.21. The molecule has 1 unspecified atom stereocenters. The Morgan fingerprint density at radius 3 is 2.83 bits per heavy atom. The van der Waals surface area contributed by atoms with Gasteiger partial charge in [0.25, 0.3) is 6.26 Å². The van der Waals surface area contributed by atoms with Gasteiger partial charge in [0.15, 0.2) is 0 Å². The van der Waals surface area contributed by atoms with Gasteiger partial charge in [-0.3, -0.25) is 5.41 Å². The zero-order valence-corrected chi connectivity index (χ0v) is 10.1. The van der Waals surface area contributed by atoms with Crippen LogP contribution >= 0.6 is 0 Å². The van der Waals surface area contributed by atoms with Crippen LogP contribution in [0.4, 0.5) is 5.69 Å². The topological polar surface area (TPSA) is 94.9 Å². The Bertz CT molecular complexity index is 492. The standard InChI is InChI=1S/C13H16N4O/c14-8-18-13(16)17-12-6-3-9-1-4-11(15)5-2-10(9)7-12/h3,6-7,11H,1-2,4-5,15H2,(H2,16,17). The Hall–Kier alpha value is -2.06. The molecule has 0 saturated carbocycles. The van der Waals surface area contributed by atoms with Crippen LogP contribution in [0.2, 0.25) is 0 Å². The summed E-state index contributed by atoms with van der Waals surface area (Å²) in [6.07, 6.45) is 5.43. The van der Waals surface area contributed by atoms with E-state index in [-0.39, 0.29) is 12.1 Å². The average Bonchev–Trinajstić information content (AvgIpc) is 2.52. The molecule has 1 aromatic rings. The maximum atomic E-state index is 8.31. The van der Waals surface area contributed by atoms with E-state index in [4.69, 9.17) is 16.4 Å². The Morgan fingerprint density at radius 2 is 2.11 bits per heavy atom. The van der Waals surface area contributed by atoms with Gasteiger partial charge in [-0.05, 0) is 48.9 Å². The molecule has 18 heavy (non-hydrogen) atoms. The Labute approximate surface area is 106 Å². The van der Waals surface area contributed by atoms with Crippen LogP contribution in [0.25, 0.3) is 0 Å². The molecule has 2 rings (SSSR count). The largest absolute Gasteiger partial charge is 0.351 e. The summed E-state index contributed by atoms with van der Waals surface area (Å²) in [4.78, 5) is 0. The van der Waals surface area contributed by atoms with Gasteiger partial charge in [-0.2, -0.15) is 0 Å². The smallest absolute Gasteiger partial charge is 0.303 e. The SMILES string of the molecule is N#COC(=N)Nc1ccc2c(c1)CCC(N)CC2. The van der Waals surface area contributed by atoms with Gasteiger partial charge in [0.05, 0.1) is 0 Å². The van der Waals surface area contributed by atoms with Gasteiger partial charge in [0.2, 0.25) is 0 Å². The van der Waals surface area contributed by atoms with E-state index in [0.29, 0.717) is 0 Å². The van der Waals surface area contributed by atoms with E-state index < -0.39 is 0 Å². The normalized spacial score (nSPS) is 18.1. The first-order chi connectivity index (χ1) is 8.69. The second-order valence-electron chi connectivity index (χ2n) is 4.47. The second-order valence-corrected chi connectivity index (χ2v) is 4.47. The number of hydrogen-bond acceptors (Lipinski definition) is 4. The van der Waals surface area contributed by atoms with Crippen molar-refractivity contribution in [1.29, 1.82) is 10.7 Å². The van der Waals surface area contributed by atoms with Gasteiger partial charge in [0.1, 0.15) is 0 Å². The number of aryl methyl sites for hydroxylation is 2. The molecule has 0 saturated heterocycles. The minimum atomic E-state index is -0.261. The van der Waals surface area contributed by atoms with Crippen molar-refractivity contribution in [3.05, 3.63) is 29.3 Å². The number of nitrogens with two attached hydrogens (primary N) is 1. The molecule has 4 N–H and O–H groups in total. The quantitative estimate of drug-likeness (QED) is 0.303. The van der Waals surface area contributed by atoms with Crippen molar-refractivity contribution in [2.24, 2.45) is 5.73 Å². The van der Waals surface area contributed by atoms with E-state index in [1.165, 1.54) is 17.4 Å². The zero-order chi connectivity index (χ0) is 13.0. The minimum absolute atomic E-state index is 0.261. The molecule has 5 nitrogen and oxygen atoms in total. The summed E-state index contributed by atoms with van der Waals surface area (Å²) in [6.45, 7) is 0. The lowest BCUT2D eigenvalue weighted by molar-refractivity contribution is 0.493. The third-order valence-electron chi connectivity index (χ3n) is 3.18. The Balaban J connectivity index is 2.12. The number of benzene rings is 1. The van der Waals surface area contributed by atoms with Crippen LogP contribution in [0.15, 0.2) is 18.2 Å². The lowest BCUT2D eigenvalue weighted by Crippen LogP contribution is -2.19. The maximum absolute atomic E-state index is 8.31. The van der Waals surface area contributed by atoms with Gasteiger partial charge in [0, 0.05) is 11.7 Å². The van der Waals surface area contributed by atoms with Crippen molar-refractivity contribution in [3.8, 4) is 6.26 Å². The maximum Gasteiger partial charge on any atom is 0.303 e. The number of amidine groups is 1. The molecular formula is C13H16N4O. The lowest BCUT2D eigenvalue weighted by Gasteiger charge is -2.09. The molecule has 94 valence electrons. The molecule has 1 aromatic carbocycles. The number of hydrogen-bond donors (Lipinski definition) is 3. The summed E-state index contributed by atoms with van der Waals surface area (Å²) < 4.78 is 4.39. The summed E-state index contributed by atoms with van der Waals surface area (Å²) >= 11 is 0. The van der Waals surface area contributed by atoms with Gasteiger partial charge in [-0.1, -0.05) is 6.07 Å². The number of ether oxygens (including phenoxy) is 1. The van der Waals surface area contributed by atoms with Crippen molar-refractivity contribution in [2.75, 3.05) is 5.32 Å². The van der Waals surface area contributed by atoms with Crippen LogP contribution in [0.1, 0.15) is 24.0 Å². The molecule has 1 aliphatic carbocycles. The highest BCUT2D eigenvalue weighted by Crippen LogP contribution is 2.23. The number of nitriles is 1. The van der Waals surface area contributed by atoms with E-state index in [9.17, 15) is 0 Å². The molecular weight excluding hydrogens is 228 g/mol. The summed E-state index contributed by atoms with van der Waals surface area (Å²) in [7, 11) is 0. The monoisotopic (exact) mass is 244 g/mol. The number of fused-ring (bicyclic) bond motifs is 1. The van der Waals surface area contributed by atoms with Crippen LogP contribution < -0.4 is 11.1 Å².